The van der Waals surface area contributed by atoms with E-state index in [0.717, 1.165) is 23.4 Å². The fourth-order valence-electron chi connectivity index (χ4n) is 6.49. The van der Waals surface area contributed by atoms with Crippen LogP contribution in [0.3, 0.4) is 0 Å². The van der Waals surface area contributed by atoms with Crippen molar-refractivity contribution in [3.8, 4) is 11.1 Å². The molecule has 1 aliphatic heterocycles. The molecule has 0 spiro atoms. The summed E-state index contributed by atoms with van der Waals surface area (Å²) in [5, 5.41) is 0. The van der Waals surface area contributed by atoms with Gasteiger partial charge in [-0.15, -0.1) is 0 Å². The van der Waals surface area contributed by atoms with Crippen LogP contribution >= 0.6 is 0 Å². The Hall–Kier alpha value is -5.27. The first-order valence-corrected chi connectivity index (χ1v) is 16.2. The molecule has 1 aliphatic carbocycles. The number of hydrogen-bond donors (Lipinski definition) is 0. The van der Waals surface area contributed by atoms with E-state index in [9.17, 15) is 0 Å². The van der Waals surface area contributed by atoms with Crippen molar-refractivity contribution in [3.05, 3.63) is 197 Å². The highest BCUT2D eigenvalue weighted by Crippen LogP contribution is 2.34. The average Bonchev–Trinajstić information content (AvgIpc) is 3.09. The maximum Gasteiger partial charge on any atom is 0.218 e. The Morgan fingerprint density at radius 3 is 2.15 bits per heavy atom. The van der Waals surface area contributed by atoms with Gasteiger partial charge in [0.15, 0.2) is 6.20 Å². The second-order valence-electron chi connectivity index (χ2n) is 12.1. The number of hydrogen-bond acceptors (Lipinski definition) is 0. The molecular formula is C45H42N+. The van der Waals surface area contributed by atoms with Gasteiger partial charge >= 0.3 is 0 Å². The summed E-state index contributed by atoms with van der Waals surface area (Å²) in [5.74, 6) is 0.434. The van der Waals surface area contributed by atoms with Crippen LogP contribution in [0.2, 0.25) is 0 Å². The molecule has 4 aromatic carbocycles. The van der Waals surface area contributed by atoms with E-state index in [1.165, 1.54) is 55.7 Å². The van der Waals surface area contributed by atoms with E-state index >= 15 is 0 Å². The molecule has 2 aliphatic rings. The van der Waals surface area contributed by atoms with E-state index in [1.807, 2.05) is 6.08 Å². The van der Waals surface area contributed by atoms with Crippen molar-refractivity contribution in [2.24, 2.45) is 0 Å². The molecular weight excluding hydrogens is 555 g/mol. The first kappa shape index (κ1) is 30.7. The Morgan fingerprint density at radius 2 is 1.46 bits per heavy atom. The largest absolute Gasteiger partial charge is 0.218 e. The second-order valence-corrected chi connectivity index (χ2v) is 12.1. The molecule has 1 unspecified atom stereocenters. The van der Waals surface area contributed by atoms with Gasteiger partial charge in [-0.25, -0.2) is 0 Å². The molecule has 0 saturated carbocycles. The van der Waals surface area contributed by atoms with Crippen LogP contribution in [0.25, 0.3) is 22.3 Å². The van der Waals surface area contributed by atoms with E-state index in [4.69, 9.17) is 0 Å². The van der Waals surface area contributed by atoms with Gasteiger partial charge < -0.3 is 0 Å². The average molecular weight is 597 g/mol. The zero-order valence-corrected chi connectivity index (χ0v) is 27.4. The Kier molecular flexibility index (Phi) is 9.22. The minimum Gasteiger partial charge on any atom is -0.160 e. The van der Waals surface area contributed by atoms with Crippen LogP contribution < -0.4 is 0 Å². The predicted molar refractivity (Wildman–Crippen MR) is 198 cm³/mol. The van der Waals surface area contributed by atoms with Gasteiger partial charge in [0.1, 0.15) is 0 Å². The zero-order valence-electron chi connectivity index (χ0n) is 27.4. The number of allylic oxidation sites excluding steroid dienone is 12. The lowest BCUT2D eigenvalue weighted by molar-refractivity contribution is -0.358. The quantitative estimate of drug-likeness (QED) is 0.187. The van der Waals surface area contributed by atoms with E-state index in [1.54, 1.807) is 0 Å². The number of nitrogens with zero attached hydrogens (tertiary/aromatic N) is 1. The Morgan fingerprint density at radius 1 is 0.739 bits per heavy atom. The Labute approximate surface area is 275 Å². The minimum absolute atomic E-state index is 0.434. The molecule has 0 radical (unpaired) electrons. The van der Waals surface area contributed by atoms with Crippen molar-refractivity contribution >= 4 is 22.5 Å². The molecule has 4 aromatic rings. The summed E-state index contributed by atoms with van der Waals surface area (Å²) < 4.78 is 2.26. The molecule has 0 amide bonds. The van der Waals surface area contributed by atoms with Gasteiger partial charge in [0.25, 0.3) is 0 Å². The molecule has 0 saturated heterocycles. The highest BCUT2D eigenvalue weighted by atomic mass is 15.0. The highest BCUT2D eigenvalue weighted by Gasteiger charge is 2.21. The fourth-order valence-corrected chi connectivity index (χ4v) is 6.49. The van der Waals surface area contributed by atoms with Gasteiger partial charge in [0, 0.05) is 35.8 Å². The topological polar surface area (TPSA) is 3.01 Å². The first-order valence-electron chi connectivity index (χ1n) is 16.2. The molecule has 0 fully saturated rings. The molecule has 6 rings (SSSR count). The van der Waals surface area contributed by atoms with E-state index < -0.39 is 0 Å². The Balaban J connectivity index is 1.36. The summed E-state index contributed by atoms with van der Waals surface area (Å²) in [6.07, 6.45) is 21.0. The van der Waals surface area contributed by atoms with Crippen molar-refractivity contribution in [1.29, 1.82) is 0 Å². The zero-order chi connectivity index (χ0) is 32.0. The molecule has 1 nitrogen and oxygen atoms in total. The lowest BCUT2D eigenvalue weighted by Crippen LogP contribution is -2.14. The molecule has 0 bridgehead atoms. The van der Waals surface area contributed by atoms with Crippen molar-refractivity contribution in [2.75, 3.05) is 0 Å². The smallest absolute Gasteiger partial charge is 0.160 e. The standard InChI is InChI=1S/C45H42N/c1-6-13-43-34(5)30-40(39-19-18-33(4)44(31-39)42-17-12-11-14-32(42)3)28-29-46(45(43)7-2)41-26-24-38(25-27-41)37-22-20-36(21-23-37)35-15-9-8-10-16-35/h6-20,22-31,36H,2,21H2,1,3-5H3/q+1/b13-6-,29-28-,34-30?,40-28?,40-30+,43-34+,45-43?,46-29?,46-45-. The summed E-state index contributed by atoms with van der Waals surface area (Å²) >= 11 is 0. The first-order chi connectivity index (χ1) is 22.5. The van der Waals surface area contributed by atoms with Crippen molar-refractivity contribution in [2.45, 2.75) is 40.0 Å². The van der Waals surface area contributed by atoms with Crippen molar-refractivity contribution in [1.82, 2.24) is 0 Å². The number of rotatable bonds is 7. The van der Waals surface area contributed by atoms with Gasteiger partial charge in [-0.2, -0.15) is 4.58 Å². The maximum atomic E-state index is 4.24. The van der Waals surface area contributed by atoms with E-state index in [2.05, 4.69) is 185 Å². The summed E-state index contributed by atoms with van der Waals surface area (Å²) in [6, 6.07) is 35.1. The van der Waals surface area contributed by atoms with Gasteiger partial charge in [-0.1, -0.05) is 110 Å². The van der Waals surface area contributed by atoms with Gasteiger partial charge in [-0.05, 0) is 108 Å². The third kappa shape index (κ3) is 6.41. The number of aryl methyl sites for hydroxylation is 2. The van der Waals surface area contributed by atoms with Crippen LogP contribution in [0, 0.1) is 13.8 Å². The lowest BCUT2D eigenvalue weighted by atomic mass is 9.88. The molecule has 1 heterocycles. The SMILES string of the molecule is C=C\C1=[N+](c2ccc(C3=CCC(c4ccccc4)C=C3)cc2)/C=C\C(c2ccc(C)c(-c3ccccc3C)c2)=C/C(C)=C1\C=C/C. The minimum atomic E-state index is 0.434. The molecule has 46 heavy (non-hydrogen) atoms. The second kappa shape index (κ2) is 13.8. The van der Waals surface area contributed by atoms with Crippen LogP contribution in [0.5, 0.6) is 0 Å². The lowest BCUT2D eigenvalue weighted by Gasteiger charge is -2.17. The van der Waals surface area contributed by atoms with Gasteiger partial charge in [0.05, 0.1) is 0 Å². The third-order valence-electron chi connectivity index (χ3n) is 9.07. The third-order valence-corrected chi connectivity index (χ3v) is 9.07. The summed E-state index contributed by atoms with van der Waals surface area (Å²) in [5.41, 5.74) is 15.8. The van der Waals surface area contributed by atoms with Crippen LogP contribution in [0.4, 0.5) is 5.69 Å². The predicted octanol–water partition coefficient (Wildman–Crippen LogP) is 11.9. The maximum absolute atomic E-state index is 4.24. The summed E-state index contributed by atoms with van der Waals surface area (Å²) in [6.45, 7) is 12.9. The van der Waals surface area contributed by atoms with Crippen LogP contribution in [0.1, 0.15) is 54.0 Å². The van der Waals surface area contributed by atoms with Crippen LogP contribution in [-0.2, 0) is 0 Å². The van der Waals surface area contributed by atoms with Crippen molar-refractivity contribution in [3.63, 3.8) is 0 Å². The highest BCUT2D eigenvalue weighted by molar-refractivity contribution is 6.08. The Bertz CT molecular complexity index is 1990. The van der Waals surface area contributed by atoms with E-state index in [-0.39, 0.29) is 0 Å². The summed E-state index contributed by atoms with van der Waals surface area (Å²) in [7, 11) is 0. The van der Waals surface area contributed by atoms with Gasteiger partial charge in [-0.3, -0.25) is 0 Å². The fraction of sp³-hybridized carbons (Fsp3) is 0.133. The van der Waals surface area contributed by atoms with Gasteiger partial charge in [0.2, 0.25) is 11.4 Å². The van der Waals surface area contributed by atoms with Crippen LogP contribution in [0.15, 0.2) is 170 Å². The normalized spacial score (nSPS) is 21.7. The van der Waals surface area contributed by atoms with E-state index in [0.29, 0.717) is 5.92 Å². The monoisotopic (exact) mass is 596 g/mol. The molecule has 1 atom stereocenters. The number of benzene rings is 4. The van der Waals surface area contributed by atoms with Crippen LogP contribution in [-0.4, -0.2) is 10.3 Å². The molecule has 1 heteroatoms. The molecule has 0 aromatic heterocycles. The molecule has 0 N–H and O–H groups in total. The van der Waals surface area contributed by atoms with Crippen molar-refractivity contribution < 1.29 is 4.58 Å². The summed E-state index contributed by atoms with van der Waals surface area (Å²) in [4.78, 5) is 0. The molecule has 226 valence electrons.